The Morgan fingerprint density at radius 1 is 0.938 bits per heavy atom. The first-order valence-electron chi connectivity index (χ1n) is 12.8. The van der Waals surface area contributed by atoms with Crippen LogP contribution in [0.4, 0.5) is 0 Å². The van der Waals surface area contributed by atoms with Gasteiger partial charge in [0.1, 0.15) is 0 Å². The monoisotopic (exact) mass is 449 g/mol. The minimum absolute atomic E-state index is 0.174. The molecule has 2 aromatic rings. The van der Waals surface area contributed by atoms with Gasteiger partial charge in [-0.15, -0.1) is 0 Å². The summed E-state index contributed by atoms with van der Waals surface area (Å²) in [5.74, 6) is 2.30. The highest BCUT2D eigenvalue weighted by atomic mass is 35.5. The molecule has 3 fully saturated rings. The summed E-state index contributed by atoms with van der Waals surface area (Å²) in [7, 11) is 0. The molecule has 2 nitrogen and oxygen atoms in total. The summed E-state index contributed by atoms with van der Waals surface area (Å²) in [4.78, 5) is 15.3. The molecule has 0 aromatic heterocycles. The van der Waals surface area contributed by atoms with Crippen molar-refractivity contribution in [2.75, 3.05) is 13.1 Å². The number of hydrogen-bond acceptors (Lipinski definition) is 1. The van der Waals surface area contributed by atoms with Crippen molar-refractivity contribution >= 4 is 17.5 Å². The topological polar surface area (TPSA) is 20.3 Å². The van der Waals surface area contributed by atoms with E-state index in [9.17, 15) is 4.79 Å². The van der Waals surface area contributed by atoms with Crippen molar-refractivity contribution in [3.05, 3.63) is 70.2 Å². The summed E-state index contributed by atoms with van der Waals surface area (Å²) in [6, 6.07) is 17.4. The quantitative estimate of drug-likeness (QED) is 0.451. The molecule has 2 atom stereocenters. The zero-order chi connectivity index (χ0) is 21.9. The van der Waals surface area contributed by atoms with E-state index in [-0.39, 0.29) is 5.92 Å². The second-order valence-electron chi connectivity index (χ2n) is 10.4. The number of halogens is 1. The minimum atomic E-state index is 0.174. The molecule has 32 heavy (non-hydrogen) atoms. The second-order valence-corrected chi connectivity index (χ2v) is 10.8. The summed E-state index contributed by atoms with van der Waals surface area (Å²) < 4.78 is 0. The number of piperidine rings is 1. The number of amides is 1. The van der Waals surface area contributed by atoms with Gasteiger partial charge in [0, 0.05) is 24.0 Å². The predicted molar refractivity (Wildman–Crippen MR) is 132 cm³/mol. The minimum Gasteiger partial charge on any atom is -0.342 e. The van der Waals surface area contributed by atoms with Crippen LogP contribution in [0.2, 0.25) is 5.02 Å². The first kappa shape index (κ1) is 22.0. The third-order valence-corrected chi connectivity index (χ3v) is 8.54. The van der Waals surface area contributed by atoms with Gasteiger partial charge in [-0.25, -0.2) is 0 Å². The van der Waals surface area contributed by atoms with Crippen molar-refractivity contribution in [3.8, 4) is 0 Å². The van der Waals surface area contributed by atoms with Gasteiger partial charge in [-0.05, 0) is 85.5 Å². The summed E-state index contributed by atoms with van der Waals surface area (Å²) in [6.45, 7) is 1.87. The molecule has 0 bridgehead atoms. The first-order chi connectivity index (χ1) is 15.7. The highest BCUT2D eigenvalue weighted by molar-refractivity contribution is 6.31. The van der Waals surface area contributed by atoms with E-state index < -0.39 is 0 Å². The van der Waals surface area contributed by atoms with E-state index >= 15 is 0 Å². The molecule has 5 rings (SSSR count). The third-order valence-electron chi connectivity index (χ3n) is 8.22. The zero-order valence-electron chi connectivity index (χ0n) is 19.1. The van der Waals surface area contributed by atoms with Gasteiger partial charge in [0.2, 0.25) is 5.91 Å². The van der Waals surface area contributed by atoms with E-state index in [1.165, 1.54) is 55.2 Å². The van der Waals surface area contributed by atoms with Crippen molar-refractivity contribution in [1.29, 1.82) is 0 Å². The Labute approximate surface area is 198 Å². The summed E-state index contributed by atoms with van der Waals surface area (Å²) in [5.41, 5.74) is 4.03. The molecule has 2 aliphatic carbocycles. The molecule has 0 N–H and O–H groups in total. The number of likely N-dealkylation sites (tertiary alicyclic amines) is 1. The van der Waals surface area contributed by atoms with Crippen LogP contribution in [0.25, 0.3) is 0 Å². The fraction of sp³-hybridized carbons (Fsp3) is 0.552. The van der Waals surface area contributed by atoms with E-state index in [1.807, 2.05) is 0 Å². The van der Waals surface area contributed by atoms with Crippen molar-refractivity contribution in [2.45, 2.75) is 76.0 Å². The molecular weight excluding hydrogens is 414 g/mol. The molecule has 1 aliphatic heterocycles. The molecule has 0 radical (unpaired) electrons. The molecule has 1 saturated heterocycles. The third kappa shape index (κ3) is 5.06. The Hall–Kier alpha value is -1.80. The Morgan fingerprint density at radius 2 is 1.69 bits per heavy atom. The Kier molecular flexibility index (Phi) is 6.88. The number of nitrogens with zero attached hydrogens (tertiary/aromatic N) is 1. The Morgan fingerprint density at radius 3 is 2.41 bits per heavy atom. The number of hydrogen-bond donors (Lipinski definition) is 0. The molecule has 1 heterocycles. The molecule has 2 aromatic carbocycles. The smallest absolute Gasteiger partial charge is 0.226 e. The largest absolute Gasteiger partial charge is 0.342 e. The van der Waals surface area contributed by atoms with E-state index in [0.717, 1.165) is 49.7 Å². The van der Waals surface area contributed by atoms with Crippen LogP contribution in [0.3, 0.4) is 0 Å². The number of rotatable bonds is 6. The van der Waals surface area contributed by atoms with E-state index in [1.54, 1.807) is 0 Å². The molecule has 2 saturated carbocycles. The molecule has 2 unspecified atom stereocenters. The lowest BCUT2D eigenvalue weighted by atomic mass is 9.83. The Balaban J connectivity index is 1.11. The van der Waals surface area contributed by atoms with Gasteiger partial charge in [0.15, 0.2) is 0 Å². The summed E-state index contributed by atoms with van der Waals surface area (Å²) >= 11 is 6.71. The van der Waals surface area contributed by atoms with Gasteiger partial charge >= 0.3 is 0 Å². The van der Waals surface area contributed by atoms with E-state index in [2.05, 4.69) is 53.4 Å². The van der Waals surface area contributed by atoms with Gasteiger partial charge < -0.3 is 4.90 Å². The predicted octanol–water partition coefficient (Wildman–Crippen LogP) is 7.36. The van der Waals surface area contributed by atoms with Gasteiger partial charge in [-0.2, -0.15) is 0 Å². The maximum atomic E-state index is 13.1. The van der Waals surface area contributed by atoms with Crippen molar-refractivity contribution in [3.63, 3.8) is 0 Å². The summed E-state index contributed by atoms with van der Waals surface area (Å²) in [5, 5.41) is 0.923. The van der Waals surface area contributed by atoms with Crippen LogP contribution in [-0.4, -0.2) is 23.9 Å². The molecule has 0 spiro atoms. The molecule has 1 amide bonds. The lowest BCUT2D eigenvalue weighted by molar-refractivity contribution is -0.134. The lowest BCUT2D eigenvalue weighted by Crippen LogP contribution is -2.39. The highest BCUT2D eigenvalue weighted by Crippen LogP contribution is 2.50. The van der Waals surface area contributed by atoms with E-state index in [4.69, 9.17) is 11.6 Å². The fourth-order valence-electron chi connectivity index (χ4n) is 6.05. The van der Waals surface area contributed by atoms with Crippen LogP contribution in [0.1, 0.15) is 86.3 Å². The number of carbonyl (C=O) groups is 1. The number of carbonyl (C=O) groups excluding carboxylic acids is 1. The standard InChI is InChI=1S/C29H36ClNO/c30-28-19-24(13-14-25(28)23-9-5-2-6-10-23)26-20-27(26)29(32)31-17-15-22(16-18-31)12-11-21-7-3-1-4-8-21/h1,3-4,7-8,13-14,19,22-23,26-27H,2,5-6,9-12,15-18,20H2. The normalized spacial score (nSPS) is 24.5. The molecule has 3 heteroatoms. The number of benzene rings is 2. The van der Waals surface area contributed by atoms with Crippen LogP contribution in [0, 0.1) is 11.8 Å². The Bertz CT molecular complexity index is 912. The lowest BCUT2D eigenvalue weighted by Gasteiger charge is -2.32. The zero-order valence-corrected chi connectivity index (χ0v) is 19.9. The SMILES string of the molecule is O=C(C1CC1c1ccc(C2CCCCC2)c(Cl)c1)N1CCC(CCc2ccccc2)CC1. The van der Waals surface area contributed by atoms with E-state index in [0.29, 0.717) is 17.7 Å². The maximum Gasteiger partial charge on any atom is 0.226 e. The highest BCUT2D eigenvalue weighted by Gasteiger charge is 2.46. The van der Waals surface area contributed by atoms with Crippen LogP contribution in [0.15, 0.2) is 48.5 Å². The van der Waals surface area contributed by atoms with Gasteiger partial charge in [-0.1, -0.05) is 73.3 Å². The van der Waals surface area contributed by atoms with Crippen LogP contribution < -0.4 is 0 Å². The molecule has 3 aliphatic rings. The van der Waals surface area contributed by atoms with Gasteiger partial charge in [0.05, 0.1) is 0 Å². The number of aryl methyl sites for hydroxylation is 1. The van der Waals surface area contributed by atoms with Gasteiger partial charge in [-0.3, -0.25) is 4.79 Å². The fourth-order valence-corrected chi connectivity index (χ4v) is 6.39. The van der Waals surface area contributed by atoms with Crippen LogP contribution in [-0.2, 0) is 11.2 Å². The van der Waals surface area contributed by atoms with Crippen LogP contribution in [0.5, 0.6) is 0 Å². The average Bonchev–Trinajstić information content (AvgIpc) is 3.65. The van der Waals surface area contributed by atoms with Crippen molar-refractivity contribution in [1.82, 2.24) is 4.90 Å². The first-order valence-corrected chi connectivity index (χ1v) is 13.2. The molecular formula is C29H36ClNO. The van der Waals surface area contributed by atoms with Crippen LogP contribution >= 0.6 is 11.6 Å². The summed E-state index contributed by atoms with van der Waals surface area (Å²) in [6.07, 6.45) is 12.2. The van der Waals surface area contributed by atoms with Gasteiger partial charge in [0.25, 0.3) is 0 Å². The van der Waals surface area contributed by atoms with Crippen molar-refractivity contribution < 1.29 is 4.79 Å². The second kappa shape index (κ2) is 10.00. The average molecular weight is 450 g/mol. The van der Waals surface area contributed by atoms with Crippen molar-refractivity contribution in [2.24, 2.45) is 11.8 Å². The maximum absolute atomic E-state index is 13.1. The molecule has 170 valence electrons.